The highest BCUT2D eigenvalue weighted by atomic mass is 32.2. The smallest absolute Gasteiger partial charge is 0.281 e. The first-order valence-electron chi connectivity index (χ1n) is 12.2. The van der Waals surface area contributed by atoms with Crippen LogP contribution >= 0.6 is 0 Å². The first-order valence-corrected chi connectivity index (χ1v) is 13.7. The summed E-state index contributed by atoms with van der Waals surface area (Å²) in [6, 6.07) is 15.6. The largest absolute Gasteiger partial charge is 0.497 e. The van der Waals surface area contributed by atoms with Crippen LogP contribution in [0.2, 0.25) is 0 Å². The van der Waals surface area contributed by atoms with E-state index >= 15 is 0 Å². The van der Waals surface area contributed by atoms with Crippen LogP contribution in [0.4, 0.5) is 11.6 Å². The van der Waals surface area contributed by atoms with Gasteiger partial charge in [0, 0.05) is 24.8 Å². The van der Waals surface area contributed by atoms with E-state index in [0.29, 0.717) is 30.5 Å². The van der Waals surface area contributed by atoms with Crippen LogP contribution in [0, 0.1) is 5.92 Å². The maximum Gasteiger partial charge on any atom is 0.281 e. The molecular weight excluding hydrogens is 490 g/mol. The van der Waals surface area contributed by atoms with Gasteiger partial charge >= 0.3 is 0 Å². The van der Waals surface area contributed by atoms with Crippen molar-refractivity contribution >= 4 is 27.6 Å². The normalized spacial score (nSPS) is 16.9. The number of pyridine rings is 2. The molecule has 196 valence electrons. The maximum atomic E-state index is 13.2. The quantitative estimate of drug-likeness (QED) is 0.434. The molecule has 1 amide bonds. The highest BCUT2D eigenvalue weighted by molar-refractivity contribution is 7.90. The van der Waals surface area contributed by atoms with Crippen molar-refractivity contribution in [2.75, 3.05) is 30.4 Å². The molecule has 1 unspecified atom stereocenters. The van der Waals surface area contributed by atoms with Crippen molar-refractivity contribution in [2.24, 2.45) is 5.92 Å². The van der Waals surface area contributed by atoms with E-state index in [1.807, 2.05) is 24.3 Å². The molecule has 4 rings (SSSR count). The van der Waals surface area contributed by atoms with Crippen LogP contribution in [0.15, 0.2) is 65.8 Å². The van der Waals surface area contributed by atoms with Crippen molar-refractivity contribution in [1.29, 1.82) is 0 Å². The number of methoxy groups -OCH3 is 1. The van der Waals surface area contributed by atoms with Gasteiger partial charge in [-0.3, -0.25) is 4.79 Å². The molecule has 0 saturated carbocycles. The highest BCUT2D eigenvalue weighted by Gasteiger charge is 2.39. The van der Waals surface area contributed by atoms with Gasteiger partial charge in [0.05, 0.1) is 12.7 Å². The van der Waals surface area contributed by atoms with Crippen molar-refractivity contribution < 1.29 is 17.9 Å². The van der Waals surface area contributed by atoms with Gasteiger partial charge in [-0.1, -0.05) is 25.1 Å². The standard InChI is InChI=1S/C27H33N5O4S/c1-19-17-27(2,3)32(18-19)25-22(10-7-14-29-25)26(33)31-37(34,35)24-12-6-11-23(30-24)28-15-13-20-8-5-9-21(16-20)36-4/h5-12,14,16,19H,13,15,17-18H2,1-4H3,(H,28,30)(H,31,33). The molecule has 0 aliphatic carbocycles. The predicted octanol–water partition coefficient (Wildman–Crippen LogP) is 3.88. The Labute approximate surface area is 218 Å². The van der Waals surface area contributed by atoms with Gasteiger partial charge < -0.3 is 15.0 Å². The lowest BCUT2D eigenvalue weighted by atomic mass is 9.97. The van der Waals surface area contributed by atoms with Gasteiger partial charge in [0.25, 0.3) is 15.9 Å². The van der Waals surface area contributed by atoms with E-state index < -0.39 is 15.9 Å². The summed E-state index contributed by atoms with van der Waals surface area (Å²) in [6.07, 6.45) is 3.26. The van der Waals surface area contributed by atoms with Gasteiger partial charge in [-0.25, -0.2) is 14.7 Å². The zero-order valence-electron chi connectivity index (χ0n) is 21.6. The number of carbonyl (C=O) groups is 1. The number of rotatable bonds is 9. The minimum Gasteiger partial charge on any atom is -0.497 e. The molecule has 1 fully saturated rings. The third-order valence-electron chi connectivity index (χ3n) is 6.44. The molecule has 0 spiro atoms. The van der Waals surface area contributed by atoms with Crippen molar-refractivity contribution in [3.05, 3.63) is 71.9 Å². The Balaban J connectivity index is 1.46. The third kappa shape index (κ3) is 6.19. The van der Waals surface area contributed by atoms with Crippen molar-refractivity contribution in [1.82, 2.24) is 14.7 Å². The van der Waals surface area contributed by atoms with Crippen LogP contribution in [0.1, 0.15) is 43.1 Å². The fourth-order valence-electron chi connectivity index (χ4n) is 4.80. The van der Waals surface area contributed by atoms with Crippen LogP contribution in [-0.2, 0) is 16.4 Å². The van der Waals surface area contributed by atoms with E-state index in [1.54, 1.807) is 37.6 Å². The fraction of sp³-hybridized carbons (Fsp3) is 0.370. The third-order valence-corrected chi connectivity index (χ3v) is 7.67. The van der Waals surface area contributed by atoms with Crippen LogP contribution in [0.3, 0.4) is 0 Å². The molecular formula is C27H33N5O4S. The Morgan fingerprint density at radius 1 is 1.16 bits per heavy atom. The molecule has 0 bridgehead atoms. The Bertz CT molecular complexity index is 1380. The van der Waals surface area contributed by atoms with Crippen molar-refractivity contribution in [3.8, 4) is 5.75 Å². The highest BCUT2D eigenvalue weighted by Crippen LogP contribution is 2.37. The number of nitrogens with zero attached hydrogens (tertiary/aromatic N) is 3. The number of benzene rings is 1. The molecule has 10 heteroatoms. The van der Waals surface area contributed by atoms with Crippen molar-refractivity contribution in [3.63, 3.8) is 0 Å². The topological polar surface area (TPSA) is 114 Å². The summed E-state index contributed by atoms with van der Waals surface area (Å²) in [5.74, 6) is 1.34. The fourth-order valence-corrected chi connectivity index (χ4v) is 5.74. The zero-order valence-corrected chi connectivity index (χ0v) is 22.4. The van der Waals surface area contributed by atoms with Crippen LogP contribution in [0.5, 0.6) is 5.75 Å². The number of carbonyl (C=O) groups excluding carboxylic acids is 1. The summed E-state index contributed by atoms with van der Waals surface area (Å²) >= 11 is 0. The average molecular weight is 524 g/mol. The molecule has 0 radical (unpaired) electrons. The SMILES string of the molecule is COc1cccc(CCNc2cccc(S(=O)(=O)NC(=O)c3cccnc3N3CC(C)CC3(C)C)n2)c1. The van der Waals surface area contributed by atoms with Gasteiger partial charge in [0.15, 0.2) is 5.03 Å². The number of hydrogen-bond acceptors (Lipinski definition) is 8. The number of nitrogens with one attached hydrogen (secondary N) is 2. The monoisotopic (exact) mass is 523 g/mol. The predicted molar refractivity (Wildman–Crippen MR) is 144 cm³/mol. The molecule has 3 aromatic rings. The van der Waals surface area contributed by atoms with Crippen LogP contribution in [-0.4, -0.2) is 50.0 Å². The molecule has 1 aromatic carbocycles. The van der Waals surface area contributed by atoms with Gasteiger partial charge in [-0.15, -0.1) is 0 Å². The second-order valence-electron chi connectivity index (χ2n) is 9.93. The Hall–Kier alpha value is -3.66. The summed E-state index contributed by atoms with van der Waals surface area (Å²) in [5, 5.41) is 2.90. The summed E-state index contributed by atoms with van der Waals surface area (Å²) in [7, 11) is -2.59. The molecule has 3 heterocycles. The number of amides is 1. The van der Waals surface area contributed by atoms with E-state index in [9.17, 15) is 13.2 Å². The summed E-state index contributed by atoms with van der Waals surface area (Å²) in [5.41, 5.74) is 1.08. The molecule has 1 aliphatic rings. The van der Waals surface area contributed by atoms with Gasteiger partial charge in [0.1, 0.15) is 17.4 Å². The van der Waals surface area contributed by atoms with E-state index in [1.165, 1.54) is 6.07 Å². The van der Waals surface area contributed by atoms with Gasteiger partial charge in [0.2, 0.25) is 0 Å². The molecule has 1 aliphatic heterocycles. The van der Waals surface area contributed by atoms with E-state index in [2.05, 4.69) is 45.7 Å². The molecule has 2 N–H and O–H groups in total. The lowest BCUT2D eigenvalue weighted by molar-refractivity contribution is 0.0981. The van der Waals surface area contributed by atoms with Gasteiger partial charge in [-0.2, -0.15) is 8.42 Å². The van der Waals surface area contributed by atoms with Crippen LogP contribution < -0.4 is 19.7 Å². The molecule has 9 nitrogen and oxygen atoms in total. The number of sulfonamides is 1. The minimum absolute atomic E-state index is 0.200. The first-order chi connectivity index (χ1) is 17.6. The van der Waals surface area contributed by atoms with E-state index in [0.717, 1.165) is 24.3 Å². The Morgan fingerprint density at radius 2 is 1.95 bits per heavy atom. The summed E-state index contributed by atoms with van der Waals surface area (Å²) in [6.45, 7) is 7.63. The second kappa shape index (κ2) is 10.8. The summed E-state index contributed by atoms with van der Waals surface area (Å²) < 4.78 is 33.6. The average Bonchev–Trinajstić information content (AvgIpc) is 3.15. The molecule has 1 atom stereocenters. The number of anilines is 2. The van der Waals surface area contributed by atoms with E-state index in [4.69, 9.17) is 4.74 Å². The molecule has 2 aromatic heterocycles. The number of ether oxygens (including phenoxy) is 1. The van der Waals surface area contributed by atoms with E-state index in [-0.39, 0.29) is 16.1 Å². The lowest BCUT2D eigenvalue weighted by Gasteiger charge is -2.33. The maximum absolute atomic E-state index is 13.2. The lowest BCUT2D eigenvalue weighted by Crippen LogP contribution is -2.41. The number of aromatic nitrogens is 2. The van der Waals surface area contributed by atoms with Gasteiger partial charge in [-0.05, 0) is 74.6 Å². The summed E-state index contributed by atoms with van der Waals surface area (Å²) in [4.78, 5) is 23.9. The minimum atomic E-state index is -4.21. The zero-order chi connectivity index (χ0) is 26.6. The molecule has 37 heavy (non-hydrogen) atoms. The first kappa shape index (κ1) is 26.4. The Morgan fingerprint density at radius 3 is 2.68 bits per heavy atom. The molecule has 1 saturated heterocycles. The second-order valence-corrected chi connectivity index (χ2v) is 11.6. The van der Waals surface area contributed by atoms with Crippen LogP contribution in [0.25, 0.3) is 0 Å². The van der Waals surface area contributed by atoms with Crippen molar-refractivity contribution in [2.45, 2.75) is 44.2 Å². The Kier molecular flexibility index (Phi) is 7.68. The number of hydrogen-bond donors (Lipinski definition) is 2.